The van der Waals surface area contributed by atoms with Crippen LogP contribution in [0.1, 0.15) is 37.3 Å². The number of para-hydroxylation sites is 1. The molecule has 1 saturated heterocycles. The number of fused-ring (bicyclic) bond motifs is 1. The van der Waals surface area contributed by atoms with E-state index in [1.54, 1.807) is 9.21 Å². The topological polar surface area (TPSA) is 66.9 Å². The van der Waals surface area contributed by atoms with Gasteiger partial charge in [-0.25, -0.2) is 17.5 Å². The molecule has 0 radical (unpaired) electrons. The number of aryl methyl sites for hydroxylation is 1. The van der Waals surface area contributed by atoms with Gasteiger partial charge in [0.15, 0.2) is 0 Å². The lowest BCUT2D eigenvalue weighted by Gasteiger charge is -2.40. The smallest absolute Gasteiger partial charge is 0.414 e. The monoisotopic (exact) mass is 352 g/mol. The molecule has 0 aliphatic carbocycles. The largest absolute Gasteiger partial charge is 0.444 e. The number of rotatable bonds is 4. The molecular weight excluding hydrogens is 328 g/mol. The molecule has 0 spiro atoms. The summed E-state index contributed by atoms with van der Waals surface area (Å²) in [5.41, 5.74) is 2.99. The summed E-state index contributed by atoms with van der Waals surface area (Å²) >= 11 is 0. The molecule has 6 nitrogen and oxygen atoms in total. The molecule has 1 aromatic carbocycles. The zero-order valence-corrected chi connectivity index (χ0v) is 15.0. The third kappa shape index (κ3) is 3.15. The molecule has 2 heterocycles. The number of nitrogens with zero attached hydrogens (tertiary/aromatic N) is 2. The minimum atomic E-state index is -3.17. The summed E-state index contributed by atoms with van der Waals surface area (Å²) in [5, 5.41) is 0. The highest BCUT2D eigenvalue weighted by Crippen LogP contribution is 2.34. The van der Waals surface area contributed by atoms with Crippen LogP contribution in [-0.4, -0.2) is 43.7 Å². The van der Waals surface area contributed by atoms with Crippen LogP contribution in [0.15, 0.2) is 18.2 Å². The van der Waals surface area contributed by atoms with Crippen LogP contribution in [0, 0.1) is 6.92 Å². The molecular formula is C17H24N2O4S. The van der Waals surface area contributed by atoms with Gasteiger partial charge in [-0.2, -0.15) is 0 Å². The Labute approximate surface area is 143 Å². The fourth-order valence-electron chi connectivity index (χ4n) is 3.58. The molecule has 0 atom stereocenters. The van der Waals surface area contributed by atoms with E-state index in [2.05, 4.69) is 0 Å². The second kappa shape index (κ2) is 6.72. The van der Waals surface area contributed by atoms with Crippen LogP contribution >= 0.6 is 0 Å². The molecule has 7 heteroatoms. The third-order valence-corrected chi connectivity index (χ3v) is 6.83. The van der Waals surface area contributed by atoms with Crippen molar-refractivity contribution in [1.29, 1.82) is 0 Å². The number of sulfonamides is 1. The molecule has 0 saturated carbocycles. The lowest BCUT2D eigenvalue weighted by atomic mass is 10.00. The van der Waals surface area contributed by atoms with Crippen LogP contribution in [0.2, 0.25) is 0 Å². The molecule has 0 N–H and O–H groups in total. The van der Waals surface area contributed by atoms with Crippen molar-refractivity contribution in [2.75, 3.05) is 23.7 Å². The quantitative estimate of drug-likeness (QED) is 0.835. The molecule has 1 fully saturated rings. The van der Waals surface area contributed by atoms with E-state index in [4.69, 9.17) is 4.74 Å². The number of piperidine rings is 1. The average molecular weight is 352 g/mol. The number of benzene rings is 1. The number of carbonyl (C=O) groups excluding carboxylic acids is 1. The first-order valence-electron chi connectivity index (χ1n) is 8.46. The summed E-state index contributed by atoms with van der Waals surface area (Å²) in [4.78, 5) is 14.1. The van der Waals surface area contributed by atoms with Gasteiger partial charge in [-0.15, -0.1) is 0 Å². The van der Waals surface area contributed by atoms with Crippen molar-refractivity contribution in [3.63, 3.8) is 0 Å². The van der Waals surface area contributed by atoms with Gasteiger partial charge in [-0.3, -0.25) is 4.90 Å². The van der Waals surface area contributed by atoms with E-state index < -0.39 is 10.0 Å². The number of ether oxygens (including phenoxy) is 1. The maximum atomic E-state index is 12.4. The molecule has 0 unspecified atom stereocenters. The Bertz CT molecular complexity index is 724. The highest BCUT2D eigenvalue weighted by molar-refractivity contribution is 7.89. The minimum Gasteiger partial charge on any atom is -0.444 e. The fourth-order valence-corrected chi connectivity index (χ4v) is 5.12. The summed E-state index contributed by atoms with van der Waals surface area (Å²) in [6.45, 7) is 5.07. The Morgan fingerprint density at radius 2 is 1.96 bits per heavy atom. The van der Waals surface area contributed by atoms with E-state index in [-0.39, 0.29) is 17.9 Å². The van der Waals surface area contributed by atoms with Crippen molar-refractivity contribution in [3.05, 3.63) is 29.3 Å². The third-order valence-electron chi connectivity index (χ3n) is 4.75. The van der Waals surface area contributed by atoms with E-state index >= 15 is 0 Å². The normalized spacial score (nSPS) is 19.9. The number of amides is 1. The van der Waals surface area contributed by atoms with E-state index in [1.165, 1.54) is 0 Å². The van der Waals surface area contributed by atoms with Gasteiger partial charge in [0.1, 0.15) is 6.61 Å². The summed E-state index contributed by atoms with van der Waals surface area (Å²) in [5.74, 6) is 0.186. The van der Waals surface area contributed by atoms with Gasteiger partial charge in [0, 0.05) is 24.7 Å². The van der Waals surface area contributed by atoms with Crippen molar-refractivity contribution < 1.29 is 17.9 Å². The number of cyclic esters (lactones) is 1. The molecule has 132 valence electrons. The van der Waals surface area contributed by atoms with Gasteiger partial charge >= 0.3 is 6.09 Å². The Morgan fingerprint density at radius 1 is 1.25 bits per heavy atom. The SMILES string of the molecule is CCCS(=O)(=O)N1CCC(N2C(=O)OCc3cccc(C)c32)CC1. The average Bonchev–Trinajstić information content (AvgIpc) is 2.56. The molecule has 1 aromatic rings. The van der Waals surface area contributed by atoms with Gasteiger partial charge < -0.3 is 4.74 Å². The predicted molar refractivity (Wildman–Crippen MR) is 92.5 cm³/mol. The zero-order valence-electron chi connectivity index (χ0n) is 14.2. The van der Waals surface area contributed by atoms with E-state index in [0.717, 1.165) is 16.8 Å². The lowest BCUT2D eigenvalue weighted by molar-refractivity contribution is 0.135. The van der Waals surface area contributed by atoms with Crippen LogP contribution in [0.3, 0.4) is 0 Å². The summed E-state index contributed by atoms with van der Waals surface area (Å²) in [7, 11) is -3.17. The van der Waals surface area contributed by atoms with Crippen molar-refractivity contribution in [2.45, 2.75) is 45.8 Å². The van der Waals surface area contributed by atoms with Gasteiger partial charge in [0.25, 0.3) is 0 Å². The second-order valence-corrected chi connectivity index (χ2v) is 8.54. The first-order chi connectivity index (χ1) is 11.4. The predicted octanol–water partition coefficient (Wildman–Crippen LogP) is 2.66. The highest BCUT2D eigenvalue weighted by atomic mass is 32.2. The Balaban J connectivity index is 1.79. The molecule has 2 aliphatic heterocycles. The van der Waals surface area contributed by atoms with Crippen molar-refractivity contribution in [1.82, 2.24) is 4.31 Å². The number of hydrogen-bond acceptors (Lipinski definition) is 4. The summed E-state index contributed by atoms with van der Waals surface area (Å²) < 4.78 is 31.3. The Kier molecular flexibility index (Phi) is 4.83. The van der Waals surface area contributed by atoms with Crippen LogP contribution in [0.25, 0.3) is 0 Å². The summed E-state index contributed by atoms with van der Waals surface area (Å²) in [6.07, 6.45) is 1.55. The van der Waals surface area contributed by atoms with Crippen molar-refractivity contribution in [3.8, 4) is 0 Å². The molecule has 0 bridgehead atoms. The van der Waals surface area contributed by atoms with Crippen molar-refractivity contribution in [2.24, 2.45) is 0 Å². The molecule has 24 heavy (non-hydrogen) atoms. The van der Waals surface area contributed by atoms with Crippen LogP contribution < -0.4 is 4.90 Å². The van der Waals surface area contributed by atoms with Crippen LogP contribution in [-0.2, 0) is 21.4 Å². The maximum absolute atomic E-state index is 12.4. The summed E-state index contributed by atoms with van der Waals surface area (Å²) in [6, 6.07) is 5.91. The molecule has 0 aromatic heterocycles. The lowest BCUT2D eigenvalue weighted by Crippen LogP contribution is -2.51. The van der Waals surface area contributed by atoms with Gasteiger partial charge in [-0.05, 0) is 31.7 Å². The van der Waals surface area contributed by atoms with Gasteiger partial charge in [0.2, 0.25) is 10.0 Å². The fraction of sp³-hybridized carbons (Fsp3) is 0.588. The highest BCUT2D eigenvalue weighted by Gasteiger charge is 2.37. The van der Waals surface area contributed by atoms with Gasteiger partial charge in [-0.1, -0.05) is 25.1 Å². The molecule has 3 rings (SSSR count). The Hall–Kier alpha value is -1.60. The molecule has 1 amide bonds. The number of carbonyl (C=O) groups is 1. The standard InChI is InChI=1S/C17H24N2O4S/c1-3-11-24(21,22)18-9-7-15(8-10-18)19-16-13(2)5-4-6-14(16)12-23-17(19)20/h4-6,15H,3,7-12H2,1-2H3. The van der Waals surface area contributed by atoms with Crippen LogP contribution in [0.5, 0.6) is 0 Å². The first-order valence-corrected chi connectivity index (χ1v) is 10.1. The maximum Gasteiger partial charge on any atom is 0.414 e. The minimum absolute atomic E-state index is 0.0225. The van der Waals surface area contributed by atoms with E-state index in [9.17, 15) is 13.2 Å². The Morgan fingerprint density at radius 3 is 2.62 bits per heavy atom. The van der Waals surface area contributed by atoms with Crippen LogP contribution in [0.4, 0.5) is 10.5 Å². The zero-order chi connectivity index (χ0) is 17.3. The van der Waals surface area contributed by atoms with Gasteiger partial charge in [0.05, 0.1) is 11.4 Å². The number of hydrogen-bond donors (Lipinski definition) is 0. The molecule has 2 aliphatic rings. The van der Waals surface area contributed by atoms with E-state index in [1.807, 2.05) is 32.0 Å². The van der Waals surface area contributed by atoms with E-state index in [0.29, 0.717) is 39.0 Å². The first kappa shape index (κ1) is 17.2. The number of anilines is 1. The van der Waals surface area contributed by atoms with Crippen molar-refractivity contribution >= 4 is 21.8 Å². The second-order valence-electron chi connectivity index (χ2n) is 6.45.